The maximum atomic E-state index is 2.52. The summed E-state index contributed by atoms with van der Waals surface area (Å²) in [6.45, 7) is 2.23. The van der Waals surface area contributed by atoms with Gasteiger partial charge in [-0.25, -0.2) is 0 Å². The fourth-order valence-electron chi connectivity index (χ4n) is 7.23. The second kappa shape index (κ2) is 7.88. The van der Waals surface area contributed by atoms with Crippen molar-refractivity contribution in [2.45, 2.75) is 51.9 Å². The Bertz CT molecular complexity index is 965. The van der Waals surface area contributed by atoms with Crippen LogP contribution in [0.25, 0.3) is 21.9 Å². The molecular formula is C28H31Zr-. The first-order valence-corrected chi connectivity index (χ1v) is 11.5. The molecule has 4 fully saturated rings. The van der Waals surface area contributed by atoms with Gasteiger partial charge in [0.25, 0.3) is 0 Å². The zero-order valence-electron chi connectivity index (χ0n) is 17.5. The van der Waals surface area contributed by atoms with Crippen molar-refractivity contribution in [3.63, 3.8) is 0 Å². The molecule has 0 aliphatic heterocycles. The van der Waals surface area contributed by atoms with Gasteiger partial charge in [0.05, 0.1) is 0 Å². The van der Waals surface area contributed by atoms with Gasteiger partial charge in [0, 0.05) is 26.2 Å². The molecule has 0 heterocycles. The molecule has 0 unspecified atom stereocenters. The van der Waals surface area contributed by atoms with Gasteiger partial charge in [-0.2, -0.15) is 6.07 Å². The predicted molar refractivity (Wildman–Crippen MR) is 119 cm³/mol. The summed E-state index contributed by atoms with van der Waals surface area (Å²) in [6.07, 6.45) is 10.1. The molecule has 1 heteroatoms. The maximum absolute atomic E-state index is 2.52. The first-order chi connectivity index (χ1) is 13.8. The smallest absolute Gasteiger partial charge is 0 e. The largest absolute Gasteiger partial charge is 0.164 e. The van der Waals surface area contributed by atoms with Crippen molar-refractivity contribution in [1.29, 1.82) is 0 Å². The second-order valence-corrected chi connectivity index (χ2v) is 10.0. The summed E-state index contributed by atoms with van der Waals surface area (Å²) < 4.78 is 0. The molecule has 3 aromatic rings. The van der Waals surface area contributed by atoms with Crippen molar-refractivity contribution >= 4 is 10.8 Å². The molecule has 4 saturated carbocycles. The first-order valence-electron chi connectivity index (χ1n) is 11.5. The minimum absolute atomic E-state index is 0. The van der Waals surface area contributed by atoms with Crippen LogP contribution in [0.2, 0.25) is 0 Å². The van der Waals surface area contributed by atoms with Crippen LogP contribution in [0.1, 0.15) is 50.2 Å². The van der Waals surface area contributed by atoms with E-state index in [4.69, 9.17) is 0 Å². The molecule has 7 rings (SSSR count). The van der Waals surface area contributed by atoms with Gasteiger partial charge in [-0.15, -0.1) is 34.5 Å². The van der Waals surface area contributed by atoms with E-state index in [9.17, 15) is 0 Å². The molecule has 148 valence electrons. The van der Waals surface area contributed by atoms with Crippen LogP contribution in [0, 0.1) is 29.6 Å². The molecule has 4 aliphatic rings. The Hall–Kier alpha value is -1.07. The molecule has 0 aromatic heterocycles. The van der Waals surface area contributed by atoms with E-state index < -0.39 is 0 Å². The van der Waals surface area contributed by atoms with E-state index in [2.05, 4.69) is 61.5 Å². The van der Waals surface area contributed by atoms with Crippen LogP contribution in [-0.2, 0) is 39.0 Å². The van der Waals surface area contributed by atoms with E-state index in [1.807, 2.05) is 0 Å². The summed E-state index contributed by atoms with van der Waals surface area (Å²) in [4.78, 5) is 0. The average molecular weight is 459 g/mol. The third-order valence-corrected chi connectivity index (χ3v) is 8.38. The maximum Gasteiger partial charge on any atom is 0 e. The topological polar surface area (TPSA) is 0 Å². The van der Waals surface area contributed by atoms with Crippen LogP contribution in [-0.4, -0.2) is 0 Å². The van der Waals surface area contributed by atoms with Crippen molar-refractivity contribution in [3.05, 3.63) is 65.7 Å². The number of aryl methyl sites for hydroxylation is 1. The molecule has 4 aliphatic carbocycles. The van der Waals surface area contributed by atoms with Gasteiger partial charge >= 0.3 is 0 Å². The van der Waals surface area contributed by atoms with E-state index in [0.29, 0.717) is 0 Å². The summed E-state index contributed by atoms with van der Waals surface area (Å²) in [5.74, 6) is 5.16. The Morgan fingerprint density at radius 1 is 0.862 bits per heavy atom. The molecule has 0 nitrogen and oxygen atoms in total. The summed E-state index contributed by atoms with van der Waals surface area (Å²) in [5.41, 5.74) is 5.76. The van der Waals surface area contributed by atoms with Gasteiger partial charge in [0.1, 0.15) is 0 Å². The Kier molecular flexibility index (Phi) is 5.40. The number of rotatable bonds is 4. The molecule has 0 atom stereocenters. The summed E-state index contributed by atoms with van der Waals surface area (Å²) in [6, 6.07) is 21.0. The fraction of sp³-hybridized carbons (Fsp3) is 0.464. The first kappa shape index (κ1) is 19.9. The summed E-state index contributed by atoms with van der Waals surface area (Å²) in [5, 5.41) is 2.88. The Morgan fingerprint density at radius 3 is 2.21 bits per heavy atom. The third kappa shape index (κ3) is 3.52. The molecule has 0 spiro atoms. The van der Waals surface area contributed by atoms with Crippen LogP contribution in [0.4, 0.5) is 0 Å². The van der Waals surface area contributed by atoms with Crippen molar-refractivity contribution in [1.82, 2.24) is 0 Å². The quantitative estimate of drug-likeness (QED) is 0.357. The zero-order valence-corrected chi connectivity index (χ0v) is 20.0. The molecule has 0 N–H and O–H groups in total. The van der Waals surface area contributed by atoms with Gasteiger partial charge in [-0.05, 0) is 85.7 Å². The molecule has 29 heavy (non-hydrogen) atoms. The fourth-order valence-corrected chi connectivity index (χ4v) is 7.23. The number of benzene rings is 2. The summed E-state index contributed by atoms with van der Waals surface area (Å²) in [7, 11) is 0. The van der Waals surface area contributed by atoms with Crippen LogP contribution in [0.3, 0.4) is 0 Å². The number of hydrogen-bond donors (Lipinski definition) is 0. The third-order valence-electron chi connectivity index (χ3n) is 8.38. The van der Waals surface area contributed by atoms with Gasteiger partial charge < -0.3 is 0 Å². The molecular weight excluding hydrogens is 428 g/mol. The predicted octanol–water partition coefficient (Wildman–Crippen LogP) is 7.40. The second-order valence-electron chi connectivity index (χ2n) is 10.0. The minimum Gasteiger partial charge on any atom is -0.164 e. The van der Waals surface area contributed by atoms with Crippen molar-refractivity contribution < 1.29 is 26.2 Å². The van der Waals surface area contributed by atoms with E-state index >= 15 is 0 Å². The van der Waals surface area contributed by atoms with E-state index in [-0.39, 0.29) is 26.2 Å². The minimum atomic E-state index is 0. The van der Waals surface area contributed by atoms with Gasteiger partial charge in [0.2, 0.25) is 0 Å². The van der Waals surface area contributed by atoms with E-state index in [1.165, 1.54) is 59.6 Å². The standard InChI is InChI=1S/C28H31.Zr/c1-2-18-6-8-22(9-7-18)26-5-3-4-23-11-21(17-28(23)26)16-27-24-12-19-10-20(14-24)15-25(27)13-19;/h3-9,11,17,19-20,24-25,27H,2,10,12-16H2,1H3;/q-1;. The number of fused-ring (bicyclic) bond motifs is 1. The van der Waals surface area contributed by atoms with Crippen LogP contribution < -0.4 is 0 Å². The molecule has 0 saturated heterocycles. The molecule has 0 radical (unpaired) electrons. The van der Waals surface area contributed by atoms with Crippen LogP contribution in [0.5, 0.6) is 0 Å². The molecule has 3 aromatic carbocycles. The summed E-state index contributed by atoms with van der Waals surface area (Å²) >= 11 is 0. The molecule has 4 bridgehead atoms. The van der Waals surface area contributed by atoms with Gasteiger partial charge in [0.15, 0.2) is 0 Å². The average Bonchev–Trinajstić information content (AvgIpc) is 3.13. The molecule has 0 amide bonds. The number of hydrogen-bond acceptors (Lipinski definition) is 0. The van der Waals surface area contributed by atoms with Crippen LogP contribution >= 0.6 is 0 Å². The van der Waals surface area contributed by atoms with Crippen molar-refractivity contribution in [3.8, 4) is 11.1 Å². The SMILES string of the molecule is CCc1ccc(-c2cccc3[cH-]c(CC4C5CC6CC(C5)CC4C6)cc23)cc1.[Zr]. The van der Waals surface area contributed by atoms with Gasteiger partial charge in [-0.3, -0.25) is 0 Å². The Morgan fingerprint density at radius 2 is 1.55 bits per heavy atom. The monoisotopic (exact) mass is 457 g/mol. The Labute approximate surface area is 194 Å². The zero-order chi connectivity index (χ0) is 18.7. The van der Waals surface area contributed by atoms with E-state index in [0.717, 1.165) is 36.0 Å². The Balaban J connectivity index is 0.00000181. The van der Waals surface area contributed by atoms with Crippen LogP contribution in [0.15, 0.2) is 54.6 Å². The van der Waals surface area contributed by atoms with Gasteiger partial charge in [-0.1, -0.05) is 42.8 Å². The normalized spacial score (nSPS) is 29.9. The van der Waals surface area contributed by atoms with Crippen molar-refractivity contribution in [2.24, 2.45) is 29.6 Å². The van der Waals surface area contributed by atoms with Crippen molar-refractivity contribution in [2.75, 3.05) is 0 Å². The van der Waals surface area contributed by atoms with E-state index in [1.54, 1.807) is 12.0 Å².